The molecule has 0 aromatic heterocycles. The van der Waals surface area contributed by atoms with Crippen LogP contribution in [-0.2, 0) is 6.42 Å². The monoisotopic (exact) mass is 290 g/mol. The molecule has 0 saturated carbocycles. The van der Waals surface area contributed by atoms with Gasteiger partial charge in [0.1, 0.15) is 5.75 Å². The van der Waals surface area contributed by atoms with E-state index in [2.05, 4.69) is 0 Å². The minimum atomic E-state index is -0.435. The number of amides is 1. The van der Waals surface area contributed by atoms with E-state index < -0.39 is 5.91 Å². The summed E-state index contributed by atoms with van der Waals surface area (Å²) >= 11 is 5.81. The number of carbonyl (C=O) groups is 1. The number of primary amides is 1. The van der Waals surface area contributed by atoms with Crippen molar-refractivity contribution in [1.29, 1.82) is 0 Å². The summed E-state index contributed by atoms with van der Waals surface area (Å²) in [5.41, 5.74) is 13.0. The first-order valence-electron chi connectivity index (χ1n) is 6.13. The van der Waals surface area contributed by atoms with Crippen LogP contribution in [0.3, 0.4) is 0 Å². The van der Waals surface area contributed by atoms with Crippen LogP contribution in [0.2, 0.25) is 5.02 Å². The molecule has 4 N–H and O–H groups in total. The third kappa shape index (κ3) is 3.65. The molecule has 0 unspecified atom stereocenters. The number of anilines is 1. The van der Waals surface area contributed by atoms with E-state index in [-0.39, 0.29) is 0 Å². The number of rotatable bonds is 5. The maximum Gasteiger partial charge on any atom is 0.248 e. The number of nitrogen functional groups attached to an aromatic ring is 1. The number of hydrogen-bond acceptors (Lipinski definition) is 3. The number of benzene rings is 2. The summed E-state index contributed by atoms with van der Waals surface area (Å²) in [7, 11) is 0. The third-order valence-electron chi connectivity index (χ3n) is 2.83. The van der Waals surface area contributed by atoms with Gasteiger partial charge in [0.05, 0.1) is 12.3 Å². The maximum absolute atomic E-state index is 11.1. The Hall–Kier alpha value is -2.20. The predicted octanol–water partition coefficient (Wildman–Crippen LogP) is 2.64. The van der Waals surface area contributed by atoms with E-state index in [4.69, 9.17) is 27.8 Å². The Morgan fingerprint density at radius 1 is 1.20 bits per heavy atom. The normalized spacial score (nSPS) is 10.2. The standard InChI is InChI=1S/C15H15ClN2O2/c16-12-4-5-14(13(17)9-12)20-7-6-10-2-1-3-11(8-10)15(18)19/h1-5,8-9H,6-7,17H2,(H2,18,19). The molecule has 0 atom stereocenters. The van der Waals surface area contributed by atoms with Crippen LogP contribution in [0.1, 0.15) is 15.9 Å². The van der Waals surface area contributed by atoms with Crippen LogP contribution in [0, 0.1) is 0 Å². The molecule has 2 aromatic rings. The van der Waals surface area contributed by atoms with Crippen LogP contribution >= 0.6 is 11.6 Å². The van der Waals surface area contributed by atoms with Gasteiger partial charge in [-0.2, -0.15) is 0 Å². The van der Waals surface area contributed by atoms with Gasteiger partial charge in [-0.15, -0.1) is 0 Å². The van der Waals surface area contributed by atoms with Gasteiger partial charge in [-0.3, -0.25) is 4.79 Å². The second-order valence-corrected chi connectivity index (χ2v) is 4.78. The Bertz CT molecular complexity index is 629. The lowest BCUT2D eigenvalue weighted by atomic mass is 10.1. The van der Waals surface area contributed by atoms with Crippen molar-refractivity contribution in [2.75, 3.05) is 12.3 Å². The molecule has 0 fully saturated rings. The van der Waals surface area contributed by atoms with Crippen molar-refractivity contribution in [3.63, 3.8) is 0 Å². The smallest absolute Gasteiger partial charge is 0.248 e. The zero-order valence-electron chi connectivity index (χ0n) is 10.8. The lowest BCUT2D eigenvalue weighted by molar-refractivity contribution is 0.1000. The highest BCUT2D eigenvalue weighted by molar-refractivity contribution is 6.30. The van der Waals surface area contributed by atoms with Crippen molar-refractivity contribution in [2.24, 2.45) is 5.73 Å². The van der Waals surface area contributed by atoms with Gasteiger partial charge in [0.2, 0.25) is 5.91 Å². The quantitative estimate of drug-likeness (QED) is 0.831. The van der Waals surface area contributed by atoms with E-state index in [9.17, 15) is 4.79 Å². The van der Waals surface area contributed by atoms with Gasteiger partial charge in [0.15, 0.2) is 0 Å². The van der Waals surface area contributed by atoms with Crippen LogP contribution in [0.15, 0.2) is 42.5 Å². The van der Waals surface area contributed by atoms with Crippen molar-refractivity contribution < 1.29 is 9.53 Å². The Kier molecular flexibility index (Phi) is 4.48. The van der Waals surface area contributed by atoms with Gasteiger partial charge >= 0.3 is 0 Å². The van der Waals surface area contributed by atoms with E-state index in [0.29, 0.717) is 35.1 Å². The van der Waals surface area contributed by atoms with Crippen LogP contribution in [-0.4, -0.2) is 12.5 Å². The van der Waals surface area contributed by atoms with Crippen LogP contribution in [0.5, 0.6) is 5.75 Å². The topological polar surface area (TPSA) is 78.3 Å². The summed E-state index contributed by atoms with van der Waals surface area (Å²) in [4.78, 5) is 11.1. The number of carbonyl (C=O) groups excluding carboxylic acids is 1. The molecule has 0 radical (unpaired) electrons. The molecule has 4 nitrogen and oxygen atoms in total. The molecule has 104 valence electrons. The molecule has 1 amide bonds. The highest BCUT2D eigenvalue weighted by atomic mass is 35.5. The number of hydrogen-bond donors (Lipinski definition) is 2. The van der Waals surface area contributed by atoms with Gasteiger partial charge in [-0.1, -0.05) is 23.7 Å². The van der Waals surface area contributed by atoms with Crippen molar-refractivity contribution in [2.45, 2.75) is 6.42 Å². The molecule has 0 aliphatic rings. The Balaban J connectivity index is 1.96. The predicted molar refractivity (Wildman–Crippen MR) is 80.0 cm³/mol. The molecular weight excluding hydrogens is 276 g/mol. The lowest BCUT2D eigenvalue weighted by Gasteiger charge is -2.09. The summed E-state index contributed by atoms with van der Waals surface area (Å²) in [5, 5.41) is 0.573. The zero-order chi connectivity index (χ0) is 14.5. The fraction of sp³-hybridized carbons (Fsp3) is 0.133. The van der Waals surface area contributed by atoms with Gasteiger partial charge in [0.25, 0.3) is 0 Å². The molecular formula is C15H15ClN2O2. The van der Waals surface area contributed by atoms with E-state index in [1.807, 2.05) is 6.07 Å². The Morgan fingerprint density at radius 2 is 2.00 bits per heavy atom. The number of nitrogens with two attached hydrogens (primary N) is 2. The van der Waals surface area contributed by atoms with Gasteiger partial charge < -0.3 is 16.2 Å². The highest BCUT2D eigenvalue weighted by Gasteiger charge is 2.03. The van der Waals surface area contributed by atoms with E-state index in [1.165, 1.54) is 0 Å². The fourth-order valence-corrected chi connectivity index (χ4v) is 1.99. The fourth-order valence-electron chi connectivity index (χ4n) is 1.81. The van der Waals surface area contributed by atoms with Crippen molar-refractivity contribution in [1.82, 2.24) is 0 Å². The average Bonchev–Trinajstić information content (AvgIpc) is 2.41. The largest absolute Gasteiger partial charge is 0.491 e. The summed E-state index contributed by atoms with van der Waals surface area (Å²) in [6, 6.07) is 12.3. The van der Waals surface area contributed by atoms with Crippen LogP contribution in [0.25, 0.3) is 0 Å². The molecule has 2 aromatic carbocycles. The molecule has 0 saturated heterocycles. The first-order valence-corrected chi connectivity index (χ1v) is 6.50. The lowest BCUT2D eigenvalue weighted by Crippen LogP contribution is -2.11. The zero-order valence-corrected chi connectivity index (χ0v) is 11.6. The number of halogens is 1. The van der Waals surface area contributed by atoms with Crippen molar-refractivity contribution in [3.05, 3.63) is 58.6 Å². The van der Waals surface area contributed by atoms with Gasteiger partial charge in [0, 0.05) is 17.0 Å². The molecule has 0 spiro atoms. The Morgan fingerprint density at radius 3 is 2.70 bits per heavy atom. The molecule has 2 rings (SSSR count). The van der Waals surface area contributed by atoms with E-state index in [0.717, 1.165) is 5.56 Å². The average molecular weight is 291 g/mol. The SMILES string of the molecule is NC(=O)c1cccc(CCOc2ccc(Cl)cc2N)c1. The summed E-state index contributed by atoms with van der Waals surface area (Å²) in [5.74, 6) is 0.162. The van der Waals surface area contributed by atoms with Crippen molar-refractivity contribution >= 4 is 23.2 Å². The van der Waals surface area contributed by atoms with Gasteiger partial charge in [-0.05, 0) is 35.9 Å². The van der Waals surface area contributed by atoms with Gasteiger partial charge in [-0.25, -0.2) is 0 Å². The first-order chi connectivity index (χ1) is 9.56. The molecule has 20 heavy (non-hydrogen) atoms. The highest BCUT2D eigenvalue weighted by Crippen LogP contribution is 2.25. The summed E-state index contributed by atoms with van der Waals surface area (Å²) in [6.07, 6.45) is 0.656. The summed E-state index contributed by atoms with van der Waals surface area (Å²) in [6.45, 7) is 0.452. The molecule has 0 bridgehead atoms. The minimum absolute atomic E-state index is 0.435. The maximum atomic E-state index is 11.1. The second-order valence-electron chi connectivity index (χ2n) is 4.35. The van der Waals surface area contributed by atoms with E-state index in [1.54, 1.807) is 36.4 Å². The van der Waals surface area contributed by atoms with Crippen LogP contribution in [0.4, 0.5) is 5.69 Å². The molecule has 0 heterocycles. The Labute approximate surface area is 122 Å². The third-order valence-corrected chi connectivity index (χ3v) is 3.07. The first kappa shape index (κ1) is 14.2. The molecule has 0 aliphatic heterocycles. The molecule has 5 heteroatoms. The second kappa shape index (κ2) is 6.30. The molecule has 0 aliphatic carbocycles. The summed E-state index contributed by atoms with van der Waals surface area (Å²) < 4.78 is 5.60. The minimum Gasteiger partial charge on any atom is -0.491 e. The van der Waals surface area contributed by atoms with Crippen molar-refractivity contribution in [3.8, 4) is 5.75 Å². The number of ether oxygens (including phenoxy) is 1. The van der Waals surface area contributed by atoms with Crippen LogP contribution < -0.4 is 16.2 Å². The van der Waals surface area contributed by atoms with E-state index >= 15 is 0 Å².